The molecule has 1 heteroatoms. The highest BCUT2D eigenvalue weighted by Crippen LogP contribution is 2.38. The fourth-order valence-corrected chi connectivity index (χ4v) is 3.26. The van der Waals surface area contributed by atoms with Gasteiger partial charge in [-0.15, -0.1) is 0 Å². The van der Waals surface area contributed by atoms with Gasteiger partial charge in [0.25, 0.3) is 0 Å². The minimum absolute atomic E-state index is 0.440. The summed E-state index contributed by atoms with van der Waals surface area (Å²) in [5.74, 6) is 3.48. The van der Waals surface area contributed by atoms with Gasteiger partial charge >= 0.3 is 0 Å². The zero-order valence-electron chi connectivity index (χ0n) is 12.0. The molecule has 0 aliphatic rings. The molecule has 0 bridgehead atoms. The Balaban J connectivity index is 2.36. The van der Waals surface area contributed by atoms with Crippen LogP contribution in [0, 0.1) is 9.85 Å². The van der Waals surface area contributed by atoms with Crippen LogP contribution < -0.4 is 0 Å². The summed E-state index contributed by atoms with van der Waals surface area (Å²) < 4.78 is 3.12. The summed E-state index contributed by atoms with van der Waals surface area (Å²) in [6, 6.07) is 31.5. The lowest BCUT2D eigenvalue weighted by Gasteiger charge is -2.30. The third-order valence-electron chi connectivity index (χ3n) is 3.86. The number of hydrogen-bond donors (Lipinski definition) is 0. The molecule has 0 heterocycles. The molecule has 3 aromatic rings. The lowest BCUT2D eigenvalue weighted by atomic mass is 9.70. The first kappa shape index (κ1) is 14.9. The molecule has 0 fully saturated rings. The topological polar surface area (TPSA) is 0 Å². The molecular formula is C21H15I. The first-order valence-corrected chi connectivity index (χ1v) is 8.25. The molecular weight excluding hydrogens is 379 g/mol. The Hall–Kier alpha value is -2.05. The molecule has 106 valence electrons. The van der Waals surface area contributed by atoms with Gasteiger partial charge in [-0.2, -0.15) is 0 Å². The van der Waals surface area contributed by atoms with Gasteiger partial charge in [-0.25, -0.2) is 0 Å². The van der Waals surface area contributed by atoms with Crippen molar-refractivity contribution in [2.75, 3.05) is 0 Å². The molecule has 0 radical (unpaired) electrons. The fourth-order valence-electron chi connectivity index (χ4n) is 2.85. The molecule has 0 aromatic heterocycles. The van der Waals surface area contributed by atoms with Gasteiger partial charge in [0.2, 0.25) is 0 Å². The van der Waals surface area contributed by atoms with Crippen molar-refractivity contribution >= 4 is 22.6 Å². The molecule has 0 saturated carbocycles. The maximum absolute atomic E-state index is 3.48. The summed E-state index contributed by atoms with van der Waals surface area (Å²) in [6.45, 7) is 0. The summed E-state index contributed by atoms with van der Waals surface area (Å²) in [7, 11) is 0. The van der Waals surface area contributed by atoms with E-state index in [9.17, 15) is 0 Å². The second-order valence-corrected chi connectivity index (χ2v) is 5.61. The number of halogens is 1. The number of rotatable bonds is 3. The van der Waals surface area contributed by atoms with Gasteiger partial charge in [0.05, 0.1) is 0 Å². The van der Waals surface area contributed by atoms with E-state index in [-0.39, 0.29) is 0 Å². The minimum Gasteiger partial charge on any atom is -0.0705 e. The molecule has 0 saturated heterocycles. The summed E-state index contributed by atoms with van der Waals surface area (Å²) in [5, 5.41) is 0. The zero-order valence-corrected chi connectivity index (χ0v) is 14.2. The number of hydrogen-bond acceptors (Lipinski definition) is 0. The Bertz CT molecular complexity index is 684. The second kappa shape index (κ2) is 6.81. The quantitative estimate of drug-likeness (QED) is 0.316. The Morgan fingerprint density at radius 3 is 1.14 bits per heavy atom. The van der Waals surface area contributed by atoms with E-state index in [1.54, 1.807) is 0 Å². The molecule has 22 heavy (non-hydrogen) atoms. The first-order valence-electron chi connectivity index (χ1n) is 7.17. The van der Waals surface area contributed by atoms with Crippen molar-refractivity contribution in [3.63, 3.8) is 0 Å². The van der Waals surface area contributed by atoms with Gasteiger partial charge in [-0.1, -0.05) is 96.9 Å². The van der Waals surface area contributed by atoms with Crippen molar-refractivity contribution in [3.05, 3.63) is 108 Å². The van der Waals surface area contributed by atoms with Crippen LogP contribution in [0.3, 0.4) is 0 Å². The summed E-state index contributed by atoms with van der Waals surface area (Å²) in [4.78, 5) is 0. The first-order chi connectivity index (χ1) is 10.9. The Morgan fingerprint density at radius 2 is 0.864 bits per heavy atom. The Kier molecular flexibility index (Phi) is 4.60. The van der Waals surface area contributed by atoms with Gasteiger partial charge in [0.1, 0.15) is 5.41 Å². The SMILES string of the molecule is IC#CC(c1ccccc1)(c1ccccc1)c1ccccc1. The highest BCUT2D eigenvalue weighted by molar-refractivity contribution is 14.1. The van der Waals surface area contributed by atoms with Crippen LogP contribution in [0.2, 0.25) is 0 Å². The average Bonchev–Trinajstić information content (AvgIpc) is 2.62. The van der Waals surface area contributed by atoms with E-state index in [0.717, 1.165) is 0 Å². The van der Waals surface area contributed by atoms with Crippen LogP contribution in [0.5, 0.6) is 0 Å². The highest BCUT2D eigenvalue weighted by Gasteiger charge is 2.34. The van der Waals surface area contributed by atoms with Gasteiger partial charge < -0.3 is 0 Å². The molecule has 3 rings (SSSR count). The van der Waals surface area contributed by atoms with Gasteiger partial charge in [0.15, 0.2) is 0 Å². The third-order valence-corrected chi connectivity index (χ3v) is 4.12. The molecule has 0 nitrogen and oxygen atoms in total. The van der Waals surface area contributed by atoms with Gasteiger partial charge in [-0.05, 0) is 20.6 Å². The van der Waals surface area contributed by atoms with Crippen LogP contribution in [-0.2, 0) is 5.41 Å². The van der Waals surface area contributed by atoms with Crippen molar-refractivity contribution < 1.29 is 0 Å². The van der Waals surface area contributed by atoms with E-state index in [4.69, 9.17) is 0 Å². The minimum atomic E-state index is -0.440. The van der Waals surface area contributed by atoms with Crippen LogP contribution >= 0.6 is 22.6 Å². The van der Waals surface area contributed by atoms with Crippen molar-refractivity contribution in [2.45, 2.75) is 5.41 Å². The van der Waals surface area contributed by atoms with E-state index in [1.807, 2.05) is 18.2 Å². The van der Waals surface area contributed by atoms with Crippen molar-refractivity contribution in [1.29, 1.82) is 0 Å². The largest absolute Gasteiger partial charge is 0.107 e. The Labute approximate surface area is 145 Å². The van der Waals surface area contributed by atoms with E-state index in [2.05, 4.69) is 105 Å². The third kappa shape index (κ3) is 2.67. The highest BCUT2D eigenvalue weighted by atomic mass is 127. The van der Waals surface area contributed by atoms with E-state index < -0.39 is 5.41 Å². The standard InChI is InChI=1S/C21H15I/c22-17-16-21(18-10-4-1-5-11-18,19-12-6-2-7-13-19)20-14-8-3-9-15-20/h1-15H. The fraction of sp³-hybridized carbons (Fsp3) is 0.0476. The maximum atomic E-state index is 3.48. The van der Waals surface area contributed by atoms with E-state index in [1.165, 1.54) is 16.7 Å². The van der Waals surface area contributed by atoms with Crippen molar-refractivity contribution in [3.8, 4) is 9.85 Å². The van der Waals surface area contributed by atoms with Crippen LogP contribution in [0.1, 0.15) is 16.7 Å². The number of benzene rings is 3. The molecule has 0 aliphatic carbocycles. The summed E-state index contributed by atoms with van der Waals surface area (Å²) >= 11 is 2.13. The molecule has 3 aromatic carbocycles. The van der Waals surface area contributed by atoms with Crippen LogP contribution in [-0.4, -0.2) is 0 Å². The van der Waals surface area contributed by atoms with E-state index >= 15 is 0 Å². The zero-order chi connectivity index (χ0) is 15.3. The normalized spacial score (nSPS) is 10.6. The van der Waals surface area contributed by atoms with Gasteiger partial charge in [-0.3, -0.25) is 0 Å². The van der Waals surface area contributed by atoms with Crippen LogP contribution in [0.15, 0.2) is 91.0 Å². The predicted molar refractivity (Wildman–Crippen MR) is 101 cm³/mol. The molecule has 0 atom stereocenters. The molecule has 0 N–H and O–H groups in total. The average molecular weight is 394 g/mol. The molecule has 0 aliphatic heterocycles. The second-order valence-electron chi connectivity index (χ2n) is 5.07. The van der Waals surface area contributed by atoms with Crippen LogP contribution in [0.25, 0.3) is 0 Å². The smallest absolute Gasteiger partial charge is 0.0705 e. The van der Waals surface area contributed by atoms with E-state index in [0.29, 0.717) is 0 Å². The maximum Gasteiger partial charge on any atom is 0.107 e. The van der Waals surface area contributed by atoms with Crippen molar-refractivity contribution in [1.82, 2.24) is 0 Å². The Morgan fingerprint density at radius 1 is 0.545 bits per heavy atom. The molecule has 0 unspecified atom stereocenters. The van der Waals surface area contributed by atoms with Crippen molar-refractivity contribution in [2.24, 2.45) is 0 Å². The van der Waals surface area contributed by atoms with Crippen LogP contribution in [0.4, 0.5) is 0 Å². The summed E-state index contributed by atoms with van der Waals surface area (Å²) in [5.41, 5.74) is 3.13. The van der Waals surface area contributed by atoms with Gasteiger partial charge in [0, 0.05) is 22.6 Å². The monoisotopic (exact) mass is 394 g/mol. The predicted octanol–water partition coefficient (Wildman–Crippen LogP) is 5.42. The molecule has 0 amide bonds. The lowest BCUT2D eigenvalue weighted by molar-refractivity contribution is 0.810. The molecule has 0 spiro atoms. The summed E-state index contributed by atoms with van der Waals surface area (Å²) in [6.07, 6.45) is 0. The lowest BCUT2D eigenvalue weighted by Crippen LogP contribution is -2.27.